The molecule has 0 aliphatic carbocycles. The maximum absolute atomic E-state index is 11.6. The molecule has 0 aliphatic heterocycles. The van der Waals surface area contributed by atoms with Gasteiger partial charge in [-0.2, -0.15) is 0 Å². The van der Waals surface area contributed by atoms with E-state index in [1.807, 2.05) is 20.8 Å². The zero-order chi connectivity index (χ0) is 14.0. The summed E-state index contributed by atoms with van der Waals surface area (Å²) in [5, 5.41) is 9.10. The molecular formula is C13H28N4O. The molecule has 1 amide bonds. The van der Waals surface area contributed by atoms with Crippen LogP contribution < -0.4 is 16.0 Å². The lowest BCUT2D eigenvalue weighted by molar-refractivity contribution is -0.128. The van der Waals surface area contributed by atoms with Gasteiger partial charge in [0.15, 0.2) is 5.96 Å². The first-order valence-electron chi connectivity index (χ1n) is 6.72. The van der Waals surface area contributed by atoms with Crippen LogP contribution in [0.5, 0.6) is 0 Å². The zero-order valence-corrected chi connectivity index (χ0v) is 12.4. The van der Waals surface area contributed by atoms with Crippen molar-refractivity contribution in [1.82, 2.24) is 16.0 Å². The highest BCUT2D eigenvalue weighted by atomic mass is 16.2. The smallest absolute Gasteiger partial charge is 0.227 e. The monoisotopic (exact) mass is 256 g/mol. The van der Waals surface area contributed by atoms with Crippen LogP contribution in [0.2, 0.25) is 0 Å². The first-order valence-corrected chi connectivity index (χ1v) is 6.72. The lowest BCUT2D eigenvalue weighted by atomic mass is 9.93. The number of nitrogens with zero attached hydrogens (tertiary/aromatic N) is 1. The van der Waals surface area contributed by atoms with E-state index in [2.05, 4.69) is 27.9 Å². The van der Waals surface area contributed by atoms with Crippen LogP contribution in [-0.4, -0.2) is 38.5 Å². The highest BCUT2D eigenvalue weighted by Gasteiger charge is 2.26. The average molecular weight is 256 g/mol. The quantitative estimate of drug-likeness (QED) is 0.363. The number of rotatable bonds is 7. The molecule has 0 aromatic rings. The van der Waals surface area contributed by atoms with Crippen molar-refractivity contribution in [2.24, 2.45) is 10.4 Å². The molecule has 0 fully saturated rings. The molecule has 0 radical (unpaired) electrons. The molecule has 0 heterocycles. The zero-order valence-electron chi connectivity index (χ0n) is 12.4. The molecule has 0 rings (SSSR count). The van der Waals surface area contributed by atoms with Crippen LogP contribution in [0.1, 0.15) is 40.5 Å². The van der Waals surface area contributed by atoms with Gasteiger partial charge in [0.2, 0.25) is 5.91 Å². The van der Waals surface area contributed by atoms with Crippen LogP contribution in [0.15, 0.2) is 4.99 Å². The Morgan fingerprint density at radius 3 is 2.39 bits per heavy atom. The second-order valence-electron chi connectivity index (χ2n) is 4.94. The van der Waals surface area contributed by atoms with Gasteiger partial charge in [-0.05, 0) is 27.2 Å². The molecule has 0 aromatic carbocycles. The standard InChI is InChI=1S/C13H28N4O/c1-6-8-9-16-12(15-7-2)17-10-13(3,4)11(18)14-5/h6-10H2,1-5H3,(H,14,18)(H2,15,16,17). The van der Waals surface area contributed by atoms with Gasteiger partial charge in [0.1, 0.15) is 0 Å². The molecule has 106 valence electrons. The Kier molecular flexibility index (Phi) is 8.16. The number of hydrogen-bond donors (Lipinski definition) is 3. The Morgan fingerprint density at radius 2 is 1.89 bits per heavy atom. The Balaban J connectivity index is 4.41. The van der Waals surface area contributed by atoms with Crippen LogP contribution in [0, 0.1) is 5.41 Å². The maximum atomic E-state index is 11.6. The van der Waals surface area contributed by atoms with Crippen LogP contribution in [-0.2, 0) is 4.79 Å². The number of hydrogen-bond acceptors (Lipinski definition) is 2. The number of guanidine groups is 1. The Hall–Kier alpha value is -1.26. The number of carbonyl (C=O) groups excluding carboxylic acids is 1. The number of carbonyl (C=O) groups is 1. The van der Waals surface area contributed by atoms with Crippen molar-refractivity contribution in [2.75, 3.05) is 26.7 Å². The molecule has 0 atom stereocenters. The SMILES string of the molecule is CCCCNC(=NCC(C)(C)C(=O)NC)NCC. The molecule has 0 saturated carbocycles. The second kappa shape index (κ2) is 8.78. The fourth-order valence-corrected chi connectivity index (χ4v) is 1.41. The van der Waals surface area contributed by atoms with Gasteiger partial charge in [-0.3, -0.25) is 9.79 Å². The van der Waals surface area contributed by atoms with E-state index in [1.165, 1.54) is 0 Å². The minimum absolute atomic E-state index is 0.00987. The van der Waals surface area contributed by atoms with Crippen molar-refractivity contribution in [3.8, 4) is 0 Å². The summed E-state index contributed by atoms with van der Waals surface area (Å²) in [6, 6.07) is 0. The summed E-state index contributed by atoms with van der Waals surface area (Å²) >= 11 is 0. The molecule has 3 N–H and O–H groups in total. The van der Waals surface area contributed by atoms with Gasteiger partial charge in [0.25, 0.3) is 0 Å². The van der Waals surface area contributed by atoms with E-state index in [4.69, 9.17) is 0 Å². The second-order valence-corrected chi connectivity index (χ2v) is 4.94. The van der Waals surface area contributed by atoms with E-state index in [0.717, 1.165) is 31.9 Å². The molecular weight excluding hydrogens is 228 g/mol. The molecule has 0 aromatic heterocycles. The number of nitrogens with one attached hydrogen (secondary N) is 3. The maximum Gasteiger partial charge on any atom is 0.227 e. The minimum Gasteiger partial charge on any atom is -0.359 e. The van der Waals surface area contributed by atoms with Crippen molar-refractivity contribution in [3.05, 3.63) is 0 Å². The molecule has 0 spiro atoms. The van der Waals surface area contributed by atoms with E-state index in [1.54, 1.807) is 7.05 Å². The summed E-state index contributed by atoms with van der Waals surface area (Å²) in [5.41, 5.74) is -0.484. The van der Waals surface area contributed by atoms with Crippen molar-refractivity contribution in [1.29, 1.82) is 0 Å². The highest BCUT2D eigenvalue weighted by molar-refractivity contribution is 5.83. The van der Waals surface area contributed by atoms with Crippen molar-refractivity contribution in [3.63, 3.8) is 0 Å². The number of unbranched alkanes of at least 4 members (excludes halogenated alkanes) is 1. The normalized spacial score (nSPS) is 12.2. The van der Waals surface area contributed by atoms with E-state index in [-0.39, 0.29) is 5.91 Å². The summed E-state index contributed by atoms with van der Waals surface area (Å²) in [4.78, 5) is 16.1. The van der Waals surface area contributed by atoms with E-state index in [0.29, 0.717) is 6.54 Å². The molecule has 0 bridgehead atoms. The van der Waals surface area contributed by atoms with Gasteiger partial charge in [-0.25, -0.2) is 0 Å². The highest BCUT2D eigenvalue weighted by Crippen LogP contribution is 2.15. The third kappa shape index (κ3) is 6.47. The van der Waals surface area contributed by atoms with Crippen LogP contribution in [0.4, 0.5) is 0 Å². The first kappa shape index (κ1) is 16.7. The largest absolute Gasteiger partial charge is 0.359 e. The van der Waals surface area contributed by atoms with Crippen LogP contribution >= 0.6 is 0 Å². The van der Waals surface area contributed by atoms with Crippen LogP contribution in [0.3, 0.4) is 0 Å². The number of amides is 1. The van der Waals surface area contributed by atoms with Crippen molar-refractivity contribution >= 4 is 11.9 Å². The molecule has 0 unspecified atom stereocenters. The fraction of sp³-hybridized carbons (Fsp3) is 0.846. The average Bonchev–Trinajstić information content (AvgIpc) is 2.35. The lowest BCUT2D eigenvalue weighted by Crippen LogP contribution is -2.41. The minimum atomic E-state index is -0.484. The summed E-state index contributed by atoms with van der Waals surface area (Å²) in [7, 11) is 1.65. The predicted octanol–water partition coefficient (Wildman–Crippen LogP) is 1.11. The predicted molar refractivity (Wildman–Crippen MR) is 76.7 cm³/mol. The Morgan fingerprint density at radius 1 is 1.22 bits per heavy atom. The third-order valence-corrected chi connectivity index (χ3v) is 2.64. The summed E-state index contributed by atoms with van der Waals surface area (Å²) < 4.78 is 0. The van der Waals surface area contributed by atoms with Gasteiger partial charge in [-0.1, -0.05) is 13.3 Å². The van der Waals surface area contributed by atoms with E-state index < -0.39 is 5.41 Å². The molecule has 0 aliphatic rings. The molecule has 5 nitrogen and oxygen atoms in total. The molecule has 18 heavy (non-hydrogen) atoms. The Labute approximate surface area is 111 Å². The van der Waals surface area contributed by atoms with Crippen molar-refractivity contribution in [2.45, 2.75) is 40.5 Å². The molecule has 0 saturated heterocycles. The number of aliphatic imine (C=N–C) groups is 1. The lowest BCUT2D eigenvalue weighted by Gasteiger charge is -2.21. The fourth-order valence-electron chi connectivity index (χ4n) is 1.41. The van der Waals surface area contributed by atoms with Gasteiger partial charge in [0.05, 0.1) is 12.0 Å². The topological polar surface area (TPSA) is 65.5 Å². The van der Waals surface area contributed by atoms with Gasteiger partial charge >= 0.3 is 0 Å². The summed E-state index contributed by atoms with van der Waals surface area (Å²) in [5.74, 6) is 0.790. The van der Waals surface area contributed by atoms with E-state index in [9.17, 15) is 4.79 Å². The Bertz CT molecular complexity index is 274. The van der Waals surface area contributed by atoms with Crippen LogP contribution in [0.25, 0.3) is 0 Å². The molecule has 5 heteroatoms. The van der Waals surface area contributed by atoms with E-state index >= 15 is 0 Å². The third-order valence-electron chi connectivity index (χ3n) is 2.64. The first-order chi connectivity index (χ1) is 8.47. The van der Waals surface area contributed by atoms with Crippen molar-refractivity contribution < 1.29 is 4.79 Å². The van der Waals surface area contributed by atoms with Gasteiger partial charge < -0.3 is 16.0 Å². The summed E-state index contributed by atoms with van der Waals surface area (Å²) in [6.07, 6.45) is 2.26. The van der Waals surface area contributed by atoms with Gasteiger partial charge in [0, 0.05) is 20.1 Å². The summed E-state index contributed by atoms with van der Waals surface area (Å²) in [6.45, 7) is 10.2. The van der Waals surface area contributed by atoms with Gasteiger partial charge in [-0.15, -0.1) is 0 Å².